The fourth-order valence-corrected chi connectivity index (χ4v) is 2.39. The fourth-order valence-electron chi connectivity index (χ4n) is 1.46. The maximum atomic E-state index is 5.70. The van der Waals surface area contributed by atoms with Crippen molar-refractivity contribution < 1.29 is 0 Å². The van der Waals surface area contributed by atoms with E-state index < -0.39 is 0 Å². The summed E-state index contributed by atoms with van der Waals surface area (Å²) in [5.41, 5.74) is 6.00. The zero-order valence-electron chi connectivity index (χ0n) is 10.6. The Bertz CT molecular complexity index is 307. The standard InChI is InChI=1S/C12H23N3S/c1-12(2,10-13)6-4-5-9-16-11-14-7-8-15(11)3/h7-8H,4-6,9-10,13H2,1-3H3. The highest BCUT2D eigenvalue weighted by Crippen LogP contribution is 2.23. The summed E-state index contributed by atoms with van der Waals surface area (Å²) in [7, 11) is 2.03. The van der Waals surface area contributed by atoms with Crippen LogP contribution in [0.2, 0.25) is 0 Å². The lowest BCUT2D eigenvalue weighted by Crippen LogP contribution is -2.23. The molecular formula is C12H23N3S. The van der Waals surface area contributed by atoms with Crippen molar-refractivity contribution in [3.8, 4) is 0 Å². The highest BCUT2D eigenvalue weighted by molar-refractivity contribution is 7.99. The normalized spacial score (nSPS) is 12.0. The molecule has 0 saturated heterocycles. The van der Waals surface area contributed by atoms with E-state index in [0.717, 1.165) is 17.5 Å². The van der Waals surface area contributed by atoms with Gasteiger partial charge < -0.3 is 10.3 Å². The third kappa shape index (κ3) is 4.58. The van der Waals surface area contributed by atoms with E-state index in [1.807, 2.05) is 31.2 Å². The minimum Gasteiger partial charge on any atom is -0.330 e. The molecule has 0 aromatic carbocycles. The molecule has 2 N–H and O–H groups in total. The van der Waals surface area contributed by atoms with Crippen molar-refractivity contribution in [3.63, 3.8) is 0 Å². The van der Waals surface area contributed by atoms with E-state index in [2.05, 4.69) is 23.4 Å². The van der Waals surface area contributed by atoms with Gasteiger partial charge in [-0.25, -0.2) is 4.98 Å². The summed E-state index contributed by atoms with van der Waals surface area (Å²) >= 11 is 1.83. The molecule has 0 bridgehead atoms. The number of aromatic nitrogens is 2. The van der Waals surface area contributed by atoms with Gasteiger partial charge in [-0.05, 0) is 24.8 Å². The molecule has 1 rings (SSSR count). The topological polar surface area (TPSA) is 43.8 Å². The molecule has 0 aliphatic rings. The smallest absolute Gasteiger partial charge is 0.167 e. The summed E-state index contributed by atoms with van der Waals surface area (Å²) in [4.78, 5) is 4.28. The maximum absolute atomic E-state index is 5.70. The summed E-state index contributed by atoms with van der Waals surface area (Å²) in [6, 6.07) is 0. The summed E-state index contributed by atoms with van der Waals surface area (Å²) in [5.74, 6) is 1.14. The third-order valence-electron chi connectivity index (χ3n) is 2.81. The van der Waals surface area contributed by atoms with Crippen molar-refractivity contribution in [2.45, 2.75) is 38.3 Å². The van der Waals surface area contributed by atoms with Gasteiger partial charge in [0.1, 0.15) is 0 Å². The molecule has 1 heterocycles. The second kappa shape index (κ2) is 6.30. The number of imidazole rings is 1. The quantitative estimate of drug-likeness (QED) is 0.589. The average Bonchev–Trinajstić information content (AvgIpc) is 2.64. The molecule has 0 saturated carbocycles. The molecule has 0 spiro atoms. The first-order chi connectivity index (χ1) is 7.55. The number of rotatable bonds is 7. The van der Waals surface area contributed by atoms with Crippen molar-refractivity contribution in [2.75, 3.05) is 12.3 Å². The van der Waals surface area contributed by atoms with Gasteiger partial charge in [0.05, 0.1) is 0 Å². The van der Waals surface area contributed by atoms with E-state index in [1.54, 1.807) is 0 Å². The predicted molar refractivity (Wildman–Crippen MR) is 70.6 cm³/mol. The Hall–Kier alpha value is -0.480. The van der Waals surface area contributed by atoms with Gasteiger partial charge in [0.15, 0.2) is 5.16 Å². The molecule has 0 amide bonds. The molecule has 0 aliphatic heterocycles. The average molecular weight is 241 g/mol. The van der Waals surface area contributed by atoms with Crippen molar-refractivity contribution >= 4 is 11.8 Å². The van der Waals surface area contributed by atoms with Gasteiger partial charge in [0.2, 0.25) is 0 Å². The molecule has 0 radical (unpaired) electrons. The van der Waals surface area contributed by atoms with Crippen LogP contribution in [-0.4, -0.2) is 21.8 Å². The lowest BCUT2D eigenvalue weighted by Gasteiger charge is -2.21. The molecule has 0 atom stereocenters. The van der Waals surface area contributed by atoms with Gasteiger partial charge in [-0.3, -0.25) is 0 Å². The van der Waals surface area contributed by atoms with E-state index in [9.17, 15) is 0 Å². The van der Waals surface area contributed by atoms with Crippen LogP contribution in [0.4, 0.5) is 0 Å². The largest absolute Gasteiger partial charge is 0.330 e. The predicted octanol–water partition coefficient (Wildman–Crippen LogP) is 2.67. The summed E-state index contributed by atoms with van der Waals surface area (Å²) in [6.45, 7) is 5.25. The SMILES string of the molecule is Cn1ccnc1SCCCCC(C)(C)CN. The van der Waals surface area contributed by atoms with E-state index in [-0.39, 0.29) is 0 Å². The Labute approximate surface area is 103 Å². The summed E-state index contributed by atoms with van der Waals surface area (Å²) in [5, 5.41) is 1.11. The number of thioether (sulfide) groups is 1. The van der Waals surface area contributed by atoms with Crippen LogP contribution in [0.1, 0.15) is 33.1 Å². The van der Waals surface area contributed by atoms with Gasteiger partial charge in [0, 0.05) is 25.2 Å². The maximum Gasteiger partial charge on any atom is 0.167 e. The first-order valence-electron chi connectivity index (χ1n) is 5.85. The van der Waals surface area contributed by atoms with Crippen molar-refractivity contribution in [1.82, 2.24) is 9.55 Å². The molecule has 92 valence electrons. The van der Waals surface area contributed by atoms with Crippen LogP contribution in [0.25, 0.3) is 0 Å². The number of nitrogens with two attached hydrogens (primary N) is 1. The second-order valence-corrected chi connectivity index (χ2v) is 6.06. The lowest BCUT2D eigenvalue weighted by atomic mass is 9.88. The highest BCUT2D eigenvalue weighted by atomic mass is 32.2. The zero-order valence-corrected chi connectivity index (χ0v) is 11.4. The molecular weight excluding hydrogens is 218 g/mol. The lowest BCUT2D eigenvalue weighted by molar-refractivity contribution is 0.336. The van der Waals surface area contributed by atoms with E-state index in [1.165, 1.54) is 19.3 Å². The molecule has 1 aromatic rings. The minimum absolute atomic E-state index is 0.299. The van der Waals surface area contributed by atoms with Gasteiger partial charge >= 0.3 is 0 Å². The summed E-state index contributed by atoms with van der Waals surface area (Å²) in [6.07, 6.45) is 7.53. The van der Waals surface area contributed by atoms with Gasteiger partial charge in [-0.1, -0.05) is 32.0 Å². The van der Waals surface area contributed by atoms with Crippen LogP contribution in [-0.2, 0) is 7.05 Å². The van der Waals surface area contributed by atoms with Crippen molar-refractivity contribution in [1.29, 1.82) is 0 Å². The molecule has 0 unspecified atom stereocenters. The molecule has 0 fully saturated rings. The third-order valence-corrected chi connectivity index (χ3v) is 3.95. The Morgan fingerprint density at radius 1 is 1.44 bits per heavy atom. The van der Waals surface area contributed by atoms with Crippen molar-refractivity contribution in [2.24, 2.45) is 18.2 Å². The Morgan fingerprint density at radius 2 is 2.19 bits per heavy atom. The highest BCUT2D eigenvalue weighted by Gasteiger charge is 2.14. The zero-order chi connectivity index (χ0) is 12.0. The Morgan fingerprint density at radius 3 is 2.75 bits per heavy atom. The Kier molecular flexibility index (Phi) is 5.35. The number of hydrogen-bond acceptors (Lipinski definition) is 3. The second-order valence-electron chi connectivity index (χ2n) is 4.99. The summed E-state index contributed by atoms with van der Waals surface area (Å²) < 4.78 is 2.06. The molecule has 3 nitrogen and oxygen atoms in total. The van der Waals surface area contributed by atoms with Crippen LogP contribution < -0.4 is 5.73 Å². The van der Waals surface area contributed by atoms with Crippen LogP contribution in [0.15, 0.2) is 17.6 Å². The van der Waals surface area contributed by atoms with Gasteiger partial charge in [-0.2, -0.15) is 0 Å². The van der Waals surface area contributed by atoms with E-state index in [4.69, 9.17) is 5.73 Å². The van der Waals surface area contributed by atoms with E-state index >= 15 is 0 Å². The minimum atomic E-state index is 0.299. The number of nitrogens with zero attached hydrogens (tertiary/aromatic N) is 2. The molecule has 4 heteroatoms. The van der Waals surface area contributed by atoms with Crippen molar-refractivity contribution in [3.05, 3.63) is 12.4 Å². The molecule has 16 heavy (non-hydrogen) atoms. The number of hydrogen-bond donors (Lipinski definition) is 1. The molecule has 1 aromatic heterocycles. The van der Waals surface area contributed by atoms with Gasteiger partial charge in [-0.15, -0.1) is 0 Å². The molecule has 0 aliphatic carbocycles. The van der Waals surface area contributed by atoms with Crippen LogP contribution in [0.5, 0.6) is 0 Å². The van der Waals surface area contributed by atoms with E-state index in [0.29, 0.717) is 5.41 Å². The monoisotopic (exact) mass is 241 g/mol. The fraction of sp³-hybridized carbons (Fsp3) is 0.750. The number of aryl methyl sites for hydroxylation is 1. The van der Waals surface area contributed by atoms with Crippen LogP contribution >= 0.6 is 11.8 Å². The first kappa shape index (κ1) is 13.6. The van der Waals surface area contributed by atoms with Crippen LogP contribution in [0.3, 0.4) is 0 Å². The van der Waals surface area contributed by atoms with Gasteiger partial charge in [0.25, 0.3) is 0 Å². The Balaban J connectivity index is 2.11. The number of unbranched alkanes of at least 4 members (excludes halogenated alkanes) is 1. The van der Waals surface area contributed by atoms with Crippen LogP contribution in [0, 0.1) is 5.41 Å². The first-order valence-corrected chi connectivity index (χ1v) is 6.84.